The number of carbonyl (C=O) groups is 1. The van der Waals surface area contributed by atoms with Crippen molar-refractivity contribution < 1.29 is 9.53 Å². The molecule has 0 bridgehead atoms. The molecule has 0 aromatic heterocycles. The van der Waals surface area contributed by atoms with Gasteiger partial charge in [0.05, 0.1) is 6.10 Å². The van der Waals surface area contributed by atoms with Crippen LogP contribution in [0.5, 0.6) is 0 Å². The van der Waals surface area contributed by atoms with Crippen molar-refractivity contribution in [2.75, 3.05) is 13.2 Å². The lowest BCUT2D eigenvalue weighted by Crippen LogP contribution is -2.27. The van der Waals surface area contributed by atoms with E-state index < -0.39 is 0 Å². The van der Waals surface area contributed by atoms with Crippen LogP contribution < -0.4 is 5.32 Å². The van der Waals surface area contributed by atoms with Crippen LogP contribution in [0.4, 0.5) is 0 Å². The van der Waals surface area contributed by atoms with Gasteiger partial charge in [0, 0.05) is 24.1 Å². The van der Waals surface area contributed by atoms with E-state index in [4.69, 9.17) is 4.74 Å². The Kier molecular flexibility index (Phi) is 5.95. The largest absolute Gasteiger partial charge is 0.378 e. The topological polar surface area (TPSA) is 38.3 Å². The smallest absolute Gasteiger partial charge is 0.220 e. The number of rotatable bonds is 5. The molecule has 0 saturated carbocycles. The lowest BCUT2D eigenvalue weighted by Gasteiger charge is -2.22. The number of carbonyl (C=O) groups excluding carboxylic acids is 1. The van der Waals surface area contributed by atoms with Crippen LogP contribution >= 0.6 is 15.9 Å². The molecule has 1 aliphatic rings. The summed E-state index contributed by atoms with van der Waals surface area (Å²) in [6, 6.07) is 0. The molecule has 15 heavy (non-hydrogen) atoms. The van der Waals surface area contributed by atoms with Gasteiger partial charge >= 0.3 is 0 Å². The maximum atomic E-state index is 11.4. The van der Waals surface area contributed by atoms with E-state index in [-0.39, 0.29) is 12.0 Å². The molecule has 1 rings (SSSR count). The normalized spacial score (nSPS) is 21.0. The van der Waals surface area contributed by atoms with Crippen LogP contribution in [-0.4, -0.2) is 25.2 Å². The molecule has 1 heterocycles. The first-order valence-corrected chi connectivity index (χ1v) is 6.19. The minimum absolute atomic E-state index is 0.0739. The molecular formula is C11H18BrNO2. The number of nitrogens with one attached hydrogen (secondary N) is 1. The van der Waals surface area contributed by atoms with Gasteiger partial charge < -0.3 is 10.1 Å². The summed E-state index contributed by atoms with van der Waals surface area (Å²) in [4.78, 5) is 11.4. The Morgan fingerprint density at radius 3 is 2.93 bits per heavy atom. The highest BCUT2D eigenvalue weighted by Gasteiger charge is 2.14. The van der Waals surface area contributed by atoms with Crippen LogP contribution in [0.15, 0.2) is 11.1 Å². The van der Waals surface area contributed by atoms with Gasteiger partial charge in [0.2, 0.25) is 5.91 Å². The Bertz CT molecular complexity index is 225. The molecule has 1 atom stereocenters. The van der Waals surface area contributed by atoms with Crippen LogP contribution in [0.3, 0.4) is 0 Å². The van der Waals surface area contributed by atoms with Gasteiger partial charge in [-0.25, -0.2) is 0 Å². The molecule has 0 aromatic rings. The van der Waals surface area contributed by atoms with Gasteiger partial charge in [0.15, 0.2) is 0 Å². The van der Waals surface area contributed by atoms with Gasteiger partial charge in [-0.1, -0.05) is 22.5 Å². The number of hydrogen-bond donors (Lipinski definition) is 1. The number of ether oxygens (including phenoxy) is 1. The van der Waals surface area contributed by atoms with Crippen molar-refractivity contribution in [3.05, 3.63) is 11.1 Å². The van der Waals surface area contributed by atoms with Crippen molar-refractivity contribution in [2.24, 2.45) is 0 Å². The molecular weight excluding hydrogens is 258 g/mol. The molecule has 0 radical (unpaired) electrons. The molecule has 4 heteroatoms. The van der Waals surface area contributed by atoms with Gasteiger partial charge in [-0.3, -0.25) is 4.79 Å². The summed E-state index contributed by atoms with van der Waals surface area (Å²) in [6.07, 6.45) is 5.15. The molecule has 1 amide bonds. The predicted octanol–water partition coefficient (Wildman–Crippen LogP) is 2.36. The average molecular weight is 276 g/mol. The first-order chi connectivity index (χ1) is 7.18. The average Bonchev–Trinajstić information content (AvgIpc) is 2.25. The van der Waals surface area contributed by atoms with Gasteiger partial charge in [0.25, 0.3) is 0 Å². The molecule has 1 saturated heterocycles. The third-order valence-electron chi connectivity index (χ3n) is 2.44. The minimum Gasteiger partial charge on any atom is -0.378 e. The van der Waals surface area contributed by atoms with Crippen LogP contribution in [0, 0.1) is 0 Å². The summed E-state index contributed by atoms with van der Waals surface area (Å²) in [5.41, 5.74) is 0. The van der Waals surface area contributed by atoms with E-state index >= 15 is 0 Å². The zero-order chi connectivity index (χ0) is 11.1. The Morgan fingerprint density at radius 1 is 1.53 bits per heavy atom. The lowest BCUT2D eigenvalue weighted by atomic mass is 10.0. The fourth-order valence-electron chi connectivity index (χ4n) is 1.61. The summed E-state index contributed by atoms with van der Waals surface area (Å²) < 4.78 is 6.34. The second kappa shape index (κ2) is 7.01. The summed E-state index contributed by atoms with van der Waals surface area (Å²) in [5.74, 6) is 0.0739. The SMILES string of the molecule is C=C(Br)CNC(=O)CCC1CCCCO1. The zero-order valence-electron chi connectivity index (χ0n) is 8.93. The predicted molar refractivity (Wildman–Crippen MR) is 63.9 cm³/mol. The van der Waals surface area contributed by atoms with Crippen LogP contribution in [0.1, 0.15) is 32.1 Å². The van der Waals surface area contributed by atoms with E-state index in [0.717, 1.165) is 30.4 Å². The highest BCUT2D eigenvalue weighted by atomic mass is 79.9. The van der Waals surface area contributed by atoms with Crippen molar-refractivity contribution >= 4 is 21.8 Å². The molecule has 1 N–H and O–H groups in total. The summed E-state index contributed by atoms with van der Waals surface area (Å²) in [5, 5.41) is 2.78. The van der Waals surface area contributed by atoms with Crippen LogP contribution in [0.2, 0.25) is 0 Å². The van der Waals surface area contributed by atoms with Crippen molar-refractivity contribution in [2.45, 2.75) is 38.2 Å². The third-order valence-corrected chi connectivity index (χ3v) is 2.73. The van der Waals surface area contributed by atoms with Gasteiger partial charge in [-0.05, 0) is 25.7 Å². The molecule has 3 nitrogen and oxygen atoms in total. The van der Waals surface area contributed by atoms with E-state index in [2.05, 4.69) is 27.8 Å². The highest BCUT2D eigenvalue weighted by molar-refractivity contribution is 9.11. The van der Waals surface area contributed by atoms with E-state index in [9.17, 15) is 4.79 Å². The third kappa shape index (κ3) is 5.95. The second-order valence-corrected chi connectivity index (χ2v) is 4.94. The Balaban J connectivity index is 2.07. The van der Waals surface area contributed by atoms with E-state index in [1.54, 1.807) is 0 Å². The number of halogens is 1. The van der Waals surface area contributed by atoms with Gasteiger partial charge in [-0.2, -0.15) is 0 Å². The minimum atomic E-state index is 0.0739. The van der Waals surface area contributed by atoms with Crippen molar-refractivity contribution in [3.63, 3.8) is 0 Å². The summed E-state index contributed by atoms with van der Waals surface area (Å²) in [7, 11) is 0. The molecule has 0 spiro atoms. The molecule has 86 valence electrons. The molecule has 1 fully saturated rings. The number of hydrogen-bond acceptors (Lipinski definition) is 2. The Hall–Kier alpha value is -0.350. The summed E-state index contributed by atoms with van der Waals surface area (Å²) >= 11 is 3.20. The Morgan fingerprint density at radius 2 is 2.33 bits per heavy atom. The molecule has 1 aliphatic heterocycles. The van der Waals surface area contributed by atoms with Crippen molar-refractivity contribution in [1.82, 2.24) is 5.32 Å². The van der Waals surface area contributed by atoms with Crippen molar-refractivity contribution in [1.29, 1.82) is 0 Å². The van der Waals surface area contributed by atoms with E-state index in [1.165, 1.54) is 6.42 Å². The first-order valence-electron chi connectivity index (χ1n) is 5.40. The van der Waals surface area contributed by atoms with Crippen LogP contribution in [0.25, 0.3) is 0 Å². The molecule has 1 unspecified atom stereocenters. The van der Waals surface area contributed by atoms with Crippen molar-refractivity contribution in [3.8, 4) is 0 Å². The Labute approximate surface area is 99.4 Å². The maximum Gasteiger partial charge on any atom is 0.220 e. The number of amides is 1. The zero-order valence-corrected chi connectivity index (χ0v) is 10.5. The fraction of sp³-hybridized carbons (Fsp3) is 0.727. The van der Waals surface area contributed by atoms with Gasteiger partial charge in [0.1, 0.15) is 0 Å². The molecule has 0 aromatic carbocycles. The van der Waals surface area contributed by atoms with E-state index in [0.29, 0.717) is 13.0 Å². The molecule has 0 aliphatic carbocycles. The standard InChI is InChI=1S/C11H18BrNO2/c1-9(12)8-13-11(14)6-5-10-4-2-3-7-15-10/h10H,1-8H2,(H,13,14). The van der Waals surface area contributed by atoms with E-state index in [1.807, 2.05) is 0 Å². The monoisotopic (exact) mass is 275 g/mol. The maximum absolute atomic E-state index is 11.4. The summed E-state index contributed by atoms with van der Waals surface area (Å²) in [6.45, 7) is 5.01. The highest BCUT2D eigenvalue weighted by Crippen LogP contribution is 2.16. The fourth-order valence-corrected chi connectivity index (χ4v) is 1.75. The van der Waals surface area contributed by atoms with Crippen LogP contribution in [-0.2, 0) is 9.53 Å². The second-order valence-electron chi connectivity index (χ2n) is 3.82. The lowest BCUT2D eigenvalue weighted by molar-refractivity contribution is -0.121. The van der Waals surface area contributed by atoms with Gasteiger partial charge in [-0.15, -0.1) is 0 Å². The quantitative estimate of drug-likeness (QED) is 0.837. The first kappa shape index (κ1) is 12.7.